The quantitative estimate of drug-likeness (QED) is 0.861. The van der Waals surface area contributed by atoms with Gasteiger partial charge in [-0.05, 0) is 43.3 Å². The second-order valence-corrected chi connectivity index (χ2v) is 7.07. The Morgan fingerprint density at radius 3 is 2.46 bits per heavy atom. The molecule has 1 atom stereocenters. The third kappa shape index (κ3) is 3.76. The lowest BCUT2D eigenvalue weighted by Gasteiger charge is -2.23. The minimum Gasteiger partial charge on any atom is -0.307 e. The number of amidine groups is 1. The molecule has 2 aromatic carbocycles. The number of carbonyl (C=O) groups excluding carboxylic acids is 1. The zero-order chi connectivity index (χ0) is 17.1. The number of hydrogen-bond donors (Lipinski definition) is 1. The van der Waals surface area contributed by atoms with Crippen molar-refractivity contribution in [2.75, 3.05) is 16.8 Å². The summed E-state index contributed by atoms with van der Waals surface area (Å²) in [5.41, 5.74) is 2.41. The Morgan fingerprint density at radius 2 is 1.88 bits per heavy atom. The number of halogens is 1. The molecular formula is C18H18FN3OS. The van der Waals surface area contributed by atoms with Crippen molar-refractivity contribution in [2.45, 2.75) is 19.1 Å². The number of hydrogen-bond acceptors (Lipinski definition) is 3. The van der Waals surface area contributed by atoms with Crippen molar-refractivity contribution in [2.24, 2.45) is 4.99 Å². The number of carbonyl (C=O) groups is 1. The molecule has 6 heteroatoms. The highest BCUT2D eigenvalue weighted by atomic mass is 32.2. The minimum atomic E-state index is -0.341. The van der Waals surface area contributed by atoms with Crippen molar-refractivity contribution in [1.82, 2.24) is 0 Å². The number of rotatable bonds is 2. The van der Waals surface area contributed by atoms with E-state index in [0.29, 0.717) is 28.3 Å². The van der Waals surface area contributed by atoms with Crippen LogP contribution in [-0.4, -0.2) is 23.0 Å². The van der Waals surface area contributed by atoms with Gasteiger partial charge in [0.15, 0.2) is 5.17 Å². The first-order valence-electron chi connectivity index (χ1n) is 7.67. The van der Waals surface area contributed by atoms with E-state index in [0.717, 1.165) is 5.56 Å². The van der Waals surface area contributed by atoms with E-state index in [1.165, 1.54) is 28.8 Å². The Morgan fingerprint density at radius 1 is 1.21 bits per heavy atom. The van der Waals surface area contributed by atoms with E-state index in [9.17, 15) is 9.18 Å². The lowest BCUT2D eigenvalue weighted by atomic mass is 10.2. The fourth-order valence-corrected chi connectivity index (χ4v) is 3.26. The van der Waals surface area contributed by atoms with Crippen LogP contribution < -0.4 is 10.2 Å². The van der Waals surface area contributed by atoms with Gasteiger partial charge in [-0.25, -0.2) is 14.1 Å². The number of amides is 2. The van der Waals surface area contributed by atoms with Gasteiger partial charge in [0.1, 0.15) is 5.82 Å². The van der Waals surface area contributed by atoms with E-state index in [1.54, 1.807) is 12.1 Å². The maximum atomic E-state index is 13.2. The summed E-state index contributed by atoms with van der Waals surface area (Å²) in [7, 11) is 0. The first-order valence-corrected chi connectivity index (χ1v) is 8.55. The maximum Gasteiger partial charge on any atom is 0.332 e. The molecule has 0 aliphatic carbocycles. The summed E-state index contributed by atoms with van der Waals surface area (Å²) in [4.78, 5) is 18.7. The molecule has 1 N–H and O–H groups in total. The van der Waals surface area contributed by atoms with E-state index in [2.05, 4.69) is 17.2 Å². The molecule has 0 fully saturated rings. The van der Waals surface area contributed by atoms with Gasteiger partial charge in [0.05, 0.1) is 12.2 Å². The molecule has 2 amide bonds. The van der Waals surface area contributed by atoms with E-state index >= 15 is 0 Å². The predicted molar refractivity (Wildman–Crippen MR) is 98.4 cm³/mol. The molecule has 124 valence electrons. The third-order valence-electron chi connectivity index (χ3n) is 3.57. The molecule has 1 aliphatic heterocycles. The fraction of sp³-hybridized carbons (Fsp3) is 0.222. The summed E-state index contributed by atoms with van der Waals surface area (Å²) in [5.74, 6) is -0.341. The van der Waals surface area contributed by atoms with Crippen molar-refractivity contribution in [3.05, 3.63) is 59.9 Å². The molecule has 0 spiro atoms. The highest BCUT2D eigenvalue weighted by molar-refractivity contribution is 8.15. The van der Waals surface area contributed by atoms with Gasteiger partial charge in [0.25, 0.3) is 0 Å². The van der Waals surface area contributed by atoms with Crippen molar-refractivity contribution in [3.63, 3.8) is 0 Å². The largest absolute Gasteiger partial charge is 0.332 e. The zero-order valence-electron chi connectivity index (χ0n) is 13.5. The van der Waals surface area contributed by atoms with Crippen LogP contribution in [0.2, 0.25) is 0 Å². The predicted octanol–water partition coefficient (Wildman–Crippen LogP) is 4.66. The van der Waals surface area contributed by atoms with Crippen molar-refractivity contribution < 1.29 is 9.18 Å². The van der Waals surface area contributed by atoms with Gasteiger partial charge in [0.2, 0.25) is 0 Å². The maximum absolute atomic E-state index is 13.2. The van der Waals surface area contributed by atoms with Crippen LogP contribution >= 0.6 is 11.8 Å². The topological polar surface area (TPSA) is 44.7 Å². The summed E-state index contributed by atoms with van der Waals surface area (Å²) < 4.78 is 13.2. The average Bonchev–Trinajstić information content (AvgIpc) is 2.98. The molecule has 0 saturated heterocycles. The Labute approximate surface area is 144 Å². The van der Waals surface area contributed by atoms with Gasteiger partial charge >= 0.3 is 6.03 Å². The smallest absolute Gasteiger partial charge is 0.307 e. The van der Waals surface area contributed by atoms with Gasteiger partial charge < -0.3 is 5.32 Å². The van der Waals surface area contributed by atoms with Gasteiger partial charge in [-0.15, -0.1) is 0 Å². The second kappa shape index (κ2) is 7.05. The van der Waals surface area contributed by atoms with Crippen LogP contribution in [0.4, 0.5) is 20.6 Å². The zero-order valence-corrected chi connectivity index (χ0v) is 14.3. The number of aryl methyl sites for hydroxylation is 1. The monoisotopic (exact) mass is 343 g/mol. The number of nitrogens with one attached hydrogen (secondary N) is 1. The van der Waals surface area contributed by atoms with E-state index in [4.69, 9.17) is 0 Å². The normalized spacial score (nSPS) is 16.6. The molecule has 0 aromatic heterocycles. The van der Waals surface area contributed by atoms with Gasteiger partial charge in [-0.1, -0.05) is 36.4 Å². The molecule has 0 unspecified atom stereocenters. The van der Waals surface area contributed by atoms with Crippen LogP contribution in [0.15, 0.2) is 53.5 Å². The molecule has 4 nitrogen and oxygen atoms in total. The average molecular weight is 343 g/mol. The molecular weight excluding hydrogens is 325 g/mol. The van der Waals surface area contributed by atoms with E-state index in [1.807, 2.05) is 31.2 Å². The van der Waals surface area contributed by atoms with Crippen LogP contribution in [-0.2, 0) is 0 Å². The van der Waals surface area contributed by atoms with Gasteiger partial charge in [-0.2, -0.15) is 0 Å². The number of nitrogens with zero attached hydrogens (tertiary/aromatic N) is 2. The molecule has 0 saturated carbocycles. The molecule has 1 aliphatic rings. The minimum absolute atomic E-state index is 0.314. The second-order valence-electron chi connectivity index (χ2n) is 5.66. The molecule has 2 aromatic rings. The molecule has 0 bridgehead atoms. The van der Waals surface area contributed by atoms with Crippen molar-refractivity contribution >= 4 is 34.3 Å². The Bertz CT molecular complexity index is 759. The van der Waals surface area contributed by atoms with Crippen LogP contribution in [0.5, 0.6) is 0 Å². The number of urea groups is 1. The summed E-state index contributed by atoms with van der Waals surface area (Å²) >= 11 is 1.54. The molecule has 3 rings (SSSR count). The Balaban J connectivity index is 1.87. The van der Waals surface area contributed by atoms with E-state index in [-0.39, 0.29) is 11.8 Å². The molecule has 24 heavy (non-hydrogen) atoms. The first kappa shape index (κ1) is 16.5. The lowest BCUT2D eigenvalue weighted by molar-refractivity contribution is 0.259. The number of thioether (sulfide) groups is 1. The number of anilines is 2. The van der Waals surface area contributed by atoms with Crippen molar-refractivity contribution in [1.29, 1.82) is 0 Å². The summed E-state index contributed by atoms with van der Waals surface area (Å²) in [6, 6.07) is 13.1. The fourth-order valence-electron chi connectivity index (χ4n) is 2.31. The lowest BCUT2D eigenvalue weighted by Crippen LogP contribution is -2.38. The molecule has 1 heterocycles. The Hall–Kier alpha value is -2.34. The number of benzene rings is 2. The van der Waals surface area contributed by atoms with Crippen LogP contribution in [0, 0.1) is 12.7 Å². The highest BCUT2D eigenvalue weighted by Crippen LogP contribution is 2.28. The third-order valence-corrected chi connectivity index (χ3v) is 4.65. The number of aliphatic imine (C=N–C) groups is 1. The summed E-state index contributed by atoms with van der Waals surface area (Å²) in [5, 5.41) is 3.81. The van der Waals surface area contributed by atoms with Gasteiger partial charge in [-0.3, -0.25) is 4.99 Å². The first-order chi connectivity index (χ1) is 11.5. The summed E-state index contributed by atoms with van der Waals surface area (Å²) in [6.07, 6.45) is 0. The van der Waals surface area contributed by atoms with E-state index < -0.39 is 0 Å². The Kier molecular flexibility index (Phi) is 4.85. The van der Waals surface area contributed by atoms with Gasteiger partial charge in [0, 0.05) is 10.9 Å². The highest BCUT2D eigenvalue weighted by Gasteiger charge is 2.27. The standard InChI is InChI=1S/C18H18FN3OS/c1-12-3-7-15(8-4-12)21-17(23)22(18-20-11-13(2)24-18)16-9-5-14(19)6-10-16/h3-10,13H,11H2,1-2H3,(H,21,23)/t13-/m1/s1. The van der Waals surface area contributed by atoms with Crippen LogP contribution in [0.1, 0.15) is 12.5 Å². The van der Waals surface area contributed by atoms with Crippen LogP contribution in [0.3, 0.4) is 0 Å². The summed E-state index contributed by atoms with van der Waals surface area (Å²) in [6.45, 7) is 4.71. The van der Waals surface area contributed by atoms with Crippen molar-refractivity contribution in [3.8, 4) is 0 Å². The SMILES string of the molecule is Cc1ccc(NC(=O)N(C2=NC[C@@H](C)S2)c2ccc(F)cc2)cc1. The van der Waals surface area contributed by atoms with Crippen LogP contribution in [0.25, 0.3) is 0 Å². The molecule has 0 radical (unpaired) electrons.